The van der Waals surface area contributed by atoms with Gasteiger partial charge in [0, 0.05) is 12.6 Å². The van der Waals surface area contributed by atoms with Crippen molar-refractivity contribution >= 4 is 22.4 Å². The van der Waals surface area contributed by atoms with E-state index in [0.29, 0.717) is 6.04 Å². The van der Waals surface area contributed by atoms with Crippen LogP contribution in [0.15, 0.2) is 24.3 Å². The van der Waals surface area contributed by atoms with Gasteiger partial charge in [0.05, 0.1) is 5.75 Å². The minimum absolute atomic E-state index is 0. The summed E-state index contributed by atoms with van der Waals surface area (Å²) in [6.07, 6.45) is 5.06. The highest BCUT2D eigenvalue weighted by atomic mass is 35.5. The van der Waals surface area contributed by atoms with Crippen molar-refractivity contribution in [3.63, 3.8) is 0 Å². The Morgan fingerprint density at radius 2 is 1.75 bits per heavy atom. The van der Waals surface area contributed by atoms with E-state index in [0.717, 1.165) is 17.7 Å². The van der Waals surface area contributed by atoms with Crippen molar-refractivity contribution in [2.75, 3.05) is 7.05 Å². The fourth-order valence-corrected chi connectivity index (χ4v) is 3.37. The monoisotopic (exact) mass is 318 g/mol. The summed E-state index contributed by atoms with van der Waals surface area (Å²) in [5.74, 6) is 0.0476. The molecule has 1 aliphatic rings. The summed E-state index contributed by atoms with van der Waals surface area (Å²) >= 11 is 0. The third kappa shape index (κ3) is 5.05. The van der Waals surface area contributed by atoms with Crippen LogP contribution in [-0.2, 0) is 22.3 Å². The molecule has 1 aliphatic carbocycles. The summed E-state index contributed by atoms with van der Waals surface area (Å²) in [6.45, 7) is 0.750. The molecule has 0 spiro atoms. The fourth-order valence-electron chi connectivity index (χ4n) is 2.53. The normalized spacial score (nSPS) is 16.1. The summed E-state index contributed by atoms with van der Waals surface area (Å²) in [7, 11) is -1.76. The zero-order valence-corrected chi connectivity index (χ0v) is 13.4. The molecule has 6 heteroatoms. The first-order chi connectivity index (χ1) is 9.11. The standard InChI is InChI=1S/C14H22N2O2S.ClH/c1-15-19(17,18)11-13-7-3-2-6-12(13)10-16-14-8-4-5-9-14;/h2-3,6-7,14-16H,4-5,8-11H2,1H3;1H. The second-order valence-electron chi connectivity index (χ2n) is 5.09. The molecule has 1 saturated carbocycles. The Labute approximate surface area is 127 Å². The molecule has 1 aromatic rings. The van der Waals surface area contributed by atoms with Crippen LogP contribution >= 0.6 is 12.4 Å². The molecule has 0 unspecified atom stereocenters. The first-order valence-electron chi connectivity index (χ1n) is 6.82. The molecule has 0 aliphatic heterocycles. The predicted molar refractivity (Wildman–Crippen MR) is 84.5 cm³/mol. The molecule has 0 saturated heterocycles. The molecule has 0 radical (unpaired) electrons. The van der Waals surface area contributed by atoms with Gasteiger partial charge in [-0.25, -0.2) is 13.1 Å². The first kappa shape index (κ1) is 17.4. The van der Waals surface area contributed by atoms with Crippen molar-refractivity contribution in [2.24, 2.45) is 0 Å². The van der Waals surface area contributed by atoms with Crippen LogP contribution in [-0.4, -0.2) is 21.5 Å². The average Bonchev–Trinajstić information content (AvgIpc) is 2.90. The van der Waals surface area contributed by atoms with E-state index < -0.39 is 10.0 Å². The van der Waals surface area contributed by atoms with Crippen LogP contribution in [0.1, 0.15) is 36.8 Å². The molecule has 0 amide bonds. The molecule has 4 nitrogen and oxygen atoms in total. The Balaban J connectivity index is 0.00000200. The van der Waals surface area contributed by atoms with Crippen LogP contribution in [0, 0.1) is 0 Å². The summed E-state index contributed by atoms with van der Waals surface area (Å²) in [6, 6.07) is 8.33. The molecule has 2 rings (SSSR count). The molecule has 114 valence electrons. The van der Waals surface area contributed by atoms with Crippen molar-refractivity contribution in [1.29, 1.82) is 0 Å². The summed E-state index contributed by atoms with van der Waals surface area (Å²) in [5, 5.41) is 3.53. The van der Waals surface area contributed by atoms with Crippen LogP contribution in [0.5, 0.6) is 0 Å². The molecule has 0 aromatic heterocycles. The van der Waals surface area contributed by atoms with Gasteiger partial charge < -0.3 is 5.32 Å². The van der Waals surface area contributed by atoms with E-state index in [1.807, 2.05) is 24.3 Å². The molecule has 0 atom stereocenters. The Hall–Kier alpha value is -0.620. The number of hydrogen-bond donors (Lipinski definition) is 2. The number of rotatable bonds is 6. The molecule has 20 heavy (non-hydrogen) atoms. The number of benzene rings is 1. The first-order valence-corrected chi connectivity index (χ1v) is 8.47. The molecule has 0 bridgehead atoms. The van der Waals surface area contributed by atoms with Crippen molar-refractivity contribution in [1.82, 2.24) is 10.0 Å². The Kier molecular flexibility index (Phi) is 6.95. The van der Waals surface area contributed by atoms with Crippen molar-refractivity contribution in [2.45, 2.75) is 44.0 Å². The minimum atomic E-state index is -3.21. The maximum absolute atomic E-state index is 11.6. The summed E-state index contributed by atoms with van der Waals surface area (Å²) in [5.41, 5.74) is 1.95. The quantitative estimate of drug-likeness (QED) is 0.845. The Bertz CT molecular complexity index is 514. The molecule has 2 N–H and O–H groups in total. The lowest BCUT2D eigenvalue weighted by Crippen LogP contribution is -2.26. The van der Waals surface area contributed by atoms with Crippen molar-refractivity contribution in [3.8, 4) is 0 Å². The highest BCUT2D eigenvalue weighted by Gasteiger charge is 2.16. The molecule has 0 heterocycles. The van der Waals surface area contributed by atoms with Gasteiger partial charge in [-0.15, -0.1) is 12.4 Å². The highest BCUT2D eigenvalue weighted by Crippen LogP contribution is 2.19. The number of halogens is 1. The fraction of sp³-hybridized carbons (Fsp3) is 0.571. The zero-order chi connectivity index (χ0) is 13.7. The predicted octanol–water partition coefficient (Wildman–Crippen LogP) is 2.19. The van der Waals surface area contributed by atoms with E-state index >= 15 is 0 Å². The lowest BCUT2D eigenvalue weighted by molar-refractivity contribution is 0.523. The van der Waals surface area contributed by atoms with Gasteiger partial charge in [-0.2, -0.15) is 0 Å². The summed E-state index contributed by atoms with van der Waals surface area (Å²) in [4.78, 5) is 0. The second-order valence-corrected chi connectivity index (χ2v) is 7.02. The van der Waals surface area contributed by atoms with Crippen LogP contribution in [0.2, 0.25) is 0 Å². The SMILES string of the molecule is CNS(=O)(=O)Cc1ccccc1CNC1CCCC1.Cl. The van der Waals surface area contributed by atoms with Crippen molar-refractivity contribution in [3.05, 3.63) is 35.4 Å². The van der Waals surface area contributed by atoms with Gasteiger partial charge >= 0.3 is 0 Å². The lowest BCUT2D eigenvalue weighted by Gasteiger charge is -2.14. The van der Waals surface area contributed by atoms with E-state index in [2.05, 4.69) is 10.0 Å². The maximum Gasteiger partial charge on any atom is 0.215 e. The largest absolute Gasteiger partial charge is 0.310 e. The van der Waals surface area contributed by atoms with E-state index in [4.69, 9.17) is 0 Å². The van der Waals surface area contributed by atoms with Gasteiger partial charge in [0.1, 0.15) is 0 Å². The number of nitrogens with one attached hydrogen (secondary N) is 2. The smallest absolute Gasteiger partial charge is 0.215 e. The van der Waals surface area contributed by atoms with E-state index in [9.17, 15) is 8.42 Å². The second kappa shape index (κ2) is 7.98. The van der Waals surface area contributed by atoms with E-state index in [-0.39, 0.29) is 18.2 Å². The van der Waals surface area contributed by atoms with E-state index in [1.165, 1.54) is 32.7 Å². The summed E-state index contributed by atoms with van der Waals surface area (Å²) < 4.78 is 25.7. The van der Waals surface area contributed by atoms with Crippen LogP contribution in [0.3, 0.4) is 0 Å². The van der Waals surface area contributed by atoms with Gasteiger partial charge in [0.15, 0.2) is 0 Å². The van der Waals surface area contributed by atoms with Crippen LogP contribution in [0.4, 0.5) is 0 Å². The minimum Gasteiger partial charge on any atom is -0.310 e. The Morgan fingerprint density at radius 3 is 2.35 bits per heavy atom. The lowest BCUT2D eigenvalue weighted by atomic mass is 10.1. The van der Waals surface area contributed by atoms with Crippen LogP contribution in [0.25, 0.3) is 0 Å². The van der Waals surface area contributed by atoms with Gasteiger partial charge in [-0.3, -0.25) is 0 Å². The number of hydrogen-bond acceptors (Lipinski definition) is 3. The van der Waals surface area contributed by atoms with Gasteiger partial charge in [0.2, 0.25) is 10.0 Å². The third-order valence-electron chi connectivity index (χ3n) is 3.71. The van der Waals surface area contributed by atoms with Gasteiger partial charge in [-0.05, 0) is 31.0 Å². The molecule has 1 fully saturated rings. The zero-order valence-electron chi connectivity index (χ0n) is 11.8. The van der Waals surface area contributed by atoms with Gasteiger partial charge in [0.25, 0.3) is 0 Å². The molecular formula is C14H23ClN2O2S. The average molecular weight is 319 g/mol. The van der Waals surface area contributed by atoms with Crippen molar-refractivity contribution < 1.29 is 8.42 Å². The number of sulfonamides is 1. The molecular weight excluding hydrogens is 296 g/mol. The topological polar surface area (TPSA) is 58.2 Å². The highest BCUT2D eigenvalue weighted by molar-refractivity contribution is 7.88. The maximum atomic E-state index is 11.6. The van der Waals surface area contributed by atoms with Crippen LogP contribution < -0.4 is 10.0 Å². The molecule has 1 aromatic carbocycles. The van der Waals surface area contributed by atoms with Gasteiger partial charge in [-0.1, -0.05) is 37.1 Å². The van der Waals surface area contributed by atoms with E-state index in [1.54, 1.807) is 0 Å². The third-order valence-corrected chi connectivity index (χ3v) is 5.02. The Morgan fingerprint density at radius 1 is 1.15 bits per heavy atom.